The third-order valence-corrected chi connectivity index (χ3v) is 8.47. The number of pyridine rings is 1. The number of benzene rings is 3. The number of carboxylic acid groups (broad SMARTS) is 1. The molecule has 0 saturated carbocycles. The summed E-state index contributed by atoms with van der Waals surface area (Å²) in [6, 6.07) is 19.1. The standard InChI is InChI=1S/C39H43FN4O7/c1-24-10-9-13-27(20-24)43-16-18-44(19-17-43)37(47)30(14-15-34(45)51-39(3,4)5)42-36(46)32-23-33(28-22-29(40)25(2)21-31(28)41-32)50-35(38(48)49)26-11-7-6-8-12-26/h6-13,20-23,30,35H,14-19H2,1-5H3,(H,42,46)(H,48,49)/t30-,35?/m0/s1. The van der Waals surface area contributed by atoms with Crippen LogP contribution in [0.15, 0.2) is 72.8 Å². The molecule has 1 fully saturated rings. The zero-order valence-corrected chi connectivity index (χ0v) is 29.4. The van der Waals surface area contributed by atoms with Crippen LogP contribution in [0.2, 0.25) is 0 Å². The number of ether oxygens (including phenoxy) is 2. The van der Waals surface area contributed by atoms with Crippen molar-refractivity contribution in [2.45, 2.75) is 65.2 Å². The molecule has 1 aliphatic heterocycles. The summed E-state index contributed by atoms with van der Waals surface area (Å²) < 4.78 is 26.2. The zero-order valence-electron chi connectivity index (χ0n) is 29.4. The number of rotatable bonds is 11. The van der Waals surface area contributed by atoms with E-state index in [-0.39, 0.29) is 46.7 Å². The molecule has 0 bridgehead atoms. The van der Waals surface area contributed by atoms with E-state index in [2.05, 4.69) is 21.3 Å². The molecule has 2 amide bonds. The van der Waals surface area contributed by atoms with Crippen LogP contribution in [0.4, 0.5) is 10.1 Å². The summed E-state index contributed by atoms with van der Waals surface area (Å²) in [4.78, 5) is 61.2. The van der Waals surface area contributed by atoms with Gasteiger partial charge in [0.05, 0.1) is 5.52 Å². The summed E-state index contributed by atoms with van der Waals surface area (Å²) in [6.45, 7) is 10.8. The number of fused-ring (bicyclic) bond motifs is 1. The van der Waals surface area contributed by atoms with Gasteiger partial charge in [-0.3, -0.25) is 14.4 Å². The number of aliphatic carboxylic acids is 1. The van der Waals surface area contributed by atoms with Gasteiger partial charge in [0.2, 0.25) is 12.0 Å². The van der Waals surface area contributed by atoms with Crippen molar-refractivity contribution in [2.24, 2.45) is 0 Å². The quantitative estimate of drug-likeness (QED) is 0.187. The molecular weight excluding hydrogens is 655 g/mol. The molecule has 268 valence electrons. The SMILES string of the molecule is Cc1cccc(N2CCN(C(=O)[C@H](CCC(=O)OC(C)(C)C)NC(=O)c3cc(OC(C(=O)O)c4ccccc4)c4cc(F)c(C)cc4n3)CC2)c1. The highest BCUT2D eigenvalue weighted by Gasteiger charge is 2.31. The molecule has 2 atom stereocenters. The lowest BCUT2D eigenvalue weighted by molar-refractivity contribution is -0.155. The van der Waals surface area contributed by atoms with Crippen molar-refractivity contribution in [3.8, 4) is 5.75 Å². The molecule has 1 unspecified atom stereocenters. The molecule has 5 rings (SSSR count). The third kappa shape index (κ3) is 9.39. The van der Waals surface area contributed by atoms with Gasteiger partial charge in [0.15, 0.2) is 0 Å². The lowest BCUT2D eigenvalue weighted by Gasteiger charge is -2.37. The molecule has 2 heterocycles. The van der Waals surface area contributed by atoms with E-state index in [1.54, 1.807) is 56.0 Å². The van der Waals surface area contributed by atoms with E-state index in [1.165, 1.54) is 25.1 Å². The van der Waals surface area contributed by atoms with Gasteiger partial charge in [0.25, 0.3) is 5.91 Å². The lowest BCUT2D eigenvalue weighted by atomic mass is 10.1. The first-order valence-corrected chi connectivity index (χ1v) is 16.9. The number of esters is 1. The van der Waals surface area contributed by atoms with Gasteiger partial charge < -0.3 is 29.7 Å². The van der Waals surface area contributed by atoms with Crippen molar-refractivity contribution in [3.63, 3.8) is 0 Å². The van der Waals surface area contributed by atoms with Crippen LogP contribution >= 0.6 is 0 Å². The molecule has 0 spiro atoms. The van der Waals surface area contributed by atoms with Crippen molar-refractivity contribution >= 4 is 40.3 Å². The Bertz CT molecular complexity index is 1920. The number of aromatic nitrogens is 1. The van der Waals surface area contributed by atoms with Crippen LogP contribution in [-0.2, 0) is 19.1 Å². The molecule has 1 saturated heterocycles. The number of carboxylic acids is 1. The van der Waals surface area contributed by atoms with Gasteiger partial charge in [-0.1, -0.05) is 42.5 Å². The summed E-state index contributed by atoms with van der Waals surface area (Å²) in [6.07, 6.45) is -1.64. The smallest absolute Gasteiger partial charge is 0.349 e. The van der Waals surface area contributed by atoms with Gasteiger partial charge in [-0.25, -0.2) is 14.2 Å². The molecule has 1 aromatic heterocycles. The van der Waals surface area contributed by atoms with Crippen LogP contribution in [0.3, 0.4) is 0 Å². The first-order valence-electron chi connectivity index (χ1n) is 16.9. The van der Waals surface area contributed by atoms with Crippen LogP contribution in [0.1, 0.15) is 66.9 Å². The van der Waals surface area contributed by atoms with E-state index in [4.69, 9.17) is 9.47 Å². The molecule has 1 aliphatic rings. The Hall–Kier alpha value is -5.52. The third-order valence-electron chi connectivity index (χ3n) is 8.47. The lowest BCUT2D eigenvalue weighted by Crippen LogP contribution is -2.55. The fraction of sp³-hybridized carbons (Fsp3) is 0.359. The highest BCUT2D eigenvalue weighted by atomic mass is 19.1. The van der Waals surface area contributed by atoms with Crippen molar-refractivity contribution < 1.29 is 38.1 Å². The zero-order chi connectivity index (χ0) is 36.9. The van der Waals surface area contributed by atoms with Crippen molar-refractivity contribution in [1.82, 2.24) is 15.2 Å². The summed E-state index contributed by atoms with van der Waals surface area (Å²) in [7, 11) is 0. The Morgan fingerprint density at radius 1 is 0.941 bits per heavy atom. The molecule has 51 heavy (non-hydrogen) atoms. The number of aryl methyl sites for hydroxylation is 2. The number of halogens is 1. The summed E-state index contributed by atoms with van der Waals surface area (Å²) >= 11 is 0. The van der Waals surface area contributed by atoms with Gasteiger partial charge in [-0.15, -0.1) is 0 Å². The number of nitrogens with one attached hydrogen (secondary N) is 1. The Morgan fingerprint density at radius 2 is 1.65 bits per heavy atom. The summed E-state index contributed by atoms with van der Waals surface area (Å²) in [5.74, 6) is -3.56. The number of carbonyl (C=O) groups is 4. The predicted molar refractivity (Wildman–Crippen MR) is 190 cm³/mol. The first-order chi connectivity index (χ1) is 24.2. The van der Waals surface area contributed by atoms with Crippen molar-refractivity contribution in [1.29, 1.82) is 0 Å². The van der Waals surface area contributed by atoms with Gasteiger partial charge in [-0.05, 0) is 76.4 Å². The maximum Gasteiger partial charge on any atom is 0.349 e. The van der Waals surface area contributed by atoms with Gasteiger partial charge in [-0.2, -0.15) is 0 Å². The van der Waals surface area contributed by atoms with E-state index >= 15 is 0 Å². The van der Waals surface area contributed by atoms with Gasteiger partial charge in [0, 0.05) is 55.3 Å². The topological polar surface area (TPSA) is 138 Å². The molecule has 4 aromatic rings. The van der Waals surface area contributed by atoms with Gasteiger partial charge in [0.1, 0.15) is 28.9 Å². The number of carbonyl (C=O) groups excluding carboxylic acids is 3. The van der Waals surface area contributed by atoms with Gasteiger partial charge >= 0.3 is 11.9 Å². The number of hydrogen-bond donors (Lipinski definition) is 2. The molecule has 12 heteroatoms. The maximum atomic E-state index is 14.8. The Morgan fingerprint density at radius 3 is 2.29 bits per heavy atom. The molecule has 2 N–H and O–H groups in total. The Balaban J connectivity index is 1.42. The average molecular weight is 699 g/mol. The minimum Gasteiger partial charge on any atom is -0.478 e. The van der Waals surface area contributed by atoms with Crippen LogP contribution in [0.5, 0.6) is 5.75 Å². The van der Waals surface area contributed by atoms with Crippen LogP contribution < -0.4 is 15.0 Å². The number of nitrogens with zero attached hydrogens (tertiary/aromatic N) is 3. The number of anilines is 1. The predicted octanol–water partition coefficient (Wildman–Crippen LogP) is 5.76. The van der Waals surface area contributed by atoms with E-state index in [1.807, 2.05) is 25.1 Å². The van der Waals surface area contributed by atoms with E-state index in [9.17, 15) is 28.7 Å². The first kappa shape index (κ1) is 36.8. The largest absolute Gasteiger partial charge is 0.478 e. The molecule has 0 aliphatic carbocycles. The highest BCUT2D eigenvalue weighted by Crippen LogP contribution is 2.32. The van der Waals surface area contributed by atoms with E-state index in [0.29, 0.717) is 31.7 Å². The number of piperazine rings is 1. The van der Waals surface area contributed by atoms with Crippen LogP contribution in [0, 0.1) is 19.7 Å². The fourth-order valence-corrected chi connectivity index (χ4v) is 5.92. The second-order valence-electron chi connectivity index (χ2n) is 13.7. The molecule has 11 nitrogen and oxygen atoms in total. The van der Waals surface area contributed by atoms with Crippen LogP contribution in [-0.4, -0.2) is 76.6 Å². The van der Waals surface area contributed by atoms with Crippen molar-refractivity contribution in [3.05, 3.63) is 101 Å². The normalized spacial score (nSPS) is 14.5. The molecular formula is C39H43FN4O7. The van der Waals surface area contributed by atoms with E-state index < -0.39 is 41.4 Å². The second-order valence-corrected chi connectivity index (χ2v) is 13.7. The molecule has 0 radical (unpaired) electrons. The fourth-order valence-electron chi connectivity index (χ4n) is 5.92. The Kier molecular flexibility index (Phi) is 11.2. The van der Waals surface area contributed by atoms with E-state index in [0.717, 1.165) is 11.3 Å². The summed E-state index contributed by atoms with van der Waals surface area (Å²) in [5, 5.41) is 13.0. The minimum atomic E-state index is -1.47. The number of amides is 2. The molecule has 3 aromatic carbocycles. The van der Waals surface area contributed by atoms with Crippen LogP contribution in [0.25, 0.3) is 10.9 Å². The summed E-state index contributed by atoms with van der Waals surface area (Å²) in [5.41, 5.74) is 2.06. The minimum absolute atomic E-state index is 0.0338. The monoisotopic (exact) mass is 698 g/mol. The highest BCUT2D eigenvalue weighted by molar-refractivity contribution is 5.99. The Labute approximate surface area is 296 Å². The maximum absolute atomic E-state index is 14.8. The van der Waals surface area contributed by atoms with Crippen molar-refractivity contribution in [2.75, 3.05) is 31.1 Å². The number of hydrogen-bond acceptors (Lipinski definition) is 8. The second kappa shape index (κ2) is 15.6. The average Bonchev–Trinajstić information content (AvgIpc) is 3.08.